The molecule has 1 fully saturated rings. The van der Waals surface area contributed by atoms with Crippen LogP contribution in [0.15, 0.2) is 54.2 Å². The fourth-order valence-corrected chi connectivity index (χ4v) is 2.44. The van der Waals surface area contributed by atoms with Gasteiger partial charge in [0.05, 0.1) is 6.54 Å². The van der Waals surface area contributed by atoms with E-state index in [4.69, 9.17) is 11.6 Å². The van der Waals surface area contributed by atoms with Crippen molar-refractivity contribution in [2.45, 2.75) is 13.5 Å². The molecule has 1 heterocycles. The Hall–Kier alpha value is -2.59. The number of benzene rings is 2. The molecule has 1 N–H and O–H groups in total. The highest BCUT2D eigenvalue weighted by Gasteiger charge is 2.33. The van der Waals surface area contributed by atoms with Crippen molar-refractivity contribution >= 4 is 29.6 Å². The number of carbonyl (C=O) groups excluding carboxylic acids is 2. The number of rotatable bonds is 3. The van der Waals surface area contributed by atoms with Crippen LogP contribution >= 0.6 is 11.6 Å². The zero-order chi connectivity index (χ0) is 16.4. The Bertz CT molecular complexity index is 780. The van der Waals surface area contributed by atoms with Gasteiger partial charge in [0.1, 0.15) is 5.70 Å². The number of hydrogen-bond acceptors (Lipinski definition) is 2. The first kappa shape index (κ1) is 15.3. The zero-order valence-corrected chi connectivity index (χ0v) is 13.3. The quantitative estimate of drug-likeness (QED) is 0.690. The van der Waals surface area contributed by atoms with Crippen LogP contribution in [0.2, 0.25) is 5.02 Å². The minimum Gasteiger partial charge on any atom is -0.303 e. The number of carbonyl (C=O) groups is 2. The van der Waals surface area contributed by atoms with E-state index in [1.165, 1.54) is 4.90 Å². The Labute approximate surface area is 139 Å². The van der Waals surface area contributed by atoms with Crippen molar-refractivity contribution in [2.75, 3.05) is 0 Å². The molecular weight excluding hydrogens is 312 g/mol. The number of nitrogens with one attached hydrogen (secondary N) is 1. The third kappa shape index (κ3) is 3.43. The number of imide groups is 1. The maximum absolute atomic E-state index is 12.4. The van der Waals surface area contributed by atoms with Crippen LogP contribution in [0.3, 0.4) is 0 Å². The number of amides is 3. The Morgan fingerprint density at radius 2 is 1.70 bits per heavy atom. The topological polar surface area (TPSA) is 49.4 Å². The molecule has 0 radical (unpaired) electrons. The molecule has 0 aromatic heterocycles. The fraction of sp³-hybridized carbons (Fsp3) is 0.111. The van der Waals surface area contributed by atoms with Crippen LogP contribution in [0.1, 0.15) is 16.7 Å². The smallest absolute Gasteiger partial charge is 0.303 e. The molecule has 3 amide bonds. The minimum absolute atomic E-state index is 0.253. The highest BCUT2D eigenvalue weighted by atomic mass is 35.5. The Balaban J connectivity index is 1.79. The van der Waals surface area contributed by atoms with Gasteiger partial charge in [-0.05, 0) is 36.3 Å². The molecule has 1 aliphatic rings. The standard InChI is InChI=1S/C18H15ClN2O2/c1-12-2-4-14(5-3-12)11-21-17(22)16(20-18(21)23)10-13-6-8-15(19)9-7-13/h2-10H,11H2,1H3,(H,20,23)/b16-10+. The van der Waals surface area contributed by atoms with Gasteiger partial charge in [0, 0.05) is 5.02 Å². The number of hydrogen-bond donors (Lipinski definition) is 1. The lowest BCUT2D eigenvalue weighted by Crippen LogP contribution is -2.30. The van der Waals surface area contributed by atoms with E-state index in [0.29, 0.717) is 5.02 Å². The van der Waals surface area contributed by atoms with Crippen LogP contribution in [0.25, 0.3) is 6.08 Å². The lowest BCUT2D eigenvalue weighted by molar-refractivity contribution is -0.123. The summed E-state index contributed by atoms with van der Waals surface area (Å²) in [4.78, 5) is 25.7. The highest BCUT2D eigenvalue weighted by molar-refractivity contribution is 6.30. The number of nitrogens with zero attached hydrogens (tertiary/aromatic N) is 1. The Kier molecular flexibility index (Phi) is 4.17. The average molecular weight is 327 g/mol. The van der Waals surface area contributed by atoms with Crippen molar-refractivity contribution in [1.29, 1.82) is 0 Å². The van der Waals surface area contributed by atoms with Crippen molar-refractivity contribution in [3.8, 4) is 0 Å². The Morgan fingerprint density at radius 3 is 2.35 bits per heavy atom. The summed E-state index contributed by atoms with van der Waals surface area (Å²) in [6.45, 7) is 2.24. The summed E-state index contributed by atoms with van der Waals surface area (Å²) in [6, 6.07) is 14.4. The summed E-state index contributed by atoms with van der Waals surface area (Å²) < 4.78 is 0. The molecule has 1 aliphatic heterocycles. The first-order valence-electron chi connectivity index (χ1n) is 7.18. The van der Waals surface area contributed by atoms with Crippen LogP contribution in [0.4, 0.5) is 4.79 Å². The van der Waals surface area contributed by atoms with Crippen LogP contribution in [0.5, 0.6) is 0 Å². The number of urea groups is 1. The van der Waals surface area contributed by atoms with E-state index in [-0.39, 0.29) is 18.1 Å². The van der Waals surface area contributed by atoms with E-state index < -0.39 is 6.03 Å². The molecule has 2 aromatic rings. The van der Waals surface area contributed by atoms with Gasteiger partial charge in [-0.25, -0.2) is 4.79 Å². The van der Waals surface area contributed by atoms with Gasteiger partial charge in [-0.1, -0.05) is 53.6 Å². The summed E-state index contributed by atoms with van der Waals surface area (Å²) in [7, 11) is 0. The van der Waals surface area contributed by atoms with Gasteiger partial charge in [0.15, 0.2) is 0 Å². The second kappa shape index (κ2) is 6.26. The highest BCUT2D eigenvalue weighted by Crippen LogP contribution is 2.18. The molecule has 0 atom stereocenters. The van der Waals surface area contributed by atoms with Gasteiger partial charge in [0.25, 0.3) is 5.91 Å². The van der Waals surface area contributed by atoms with Gasteiger partial charge in [-0.3, -0.25) is 9.69 Å². The normalized spacial score (nSPS) is 16.1. The number of aryl methyl sites for hydroxylation is 1. The molecule has 116 valence electrons. The summed E-state index contributed by atoms with van der Waals surface area (Å²) in [5, 5.41) is 3.23. The molecule has 0 bridgehead atoms. The SMILES string of the molecule is Cc1ccc(CN2C(=O)N/C(=C/c3ccc(Cl)cc3)C2=O)cc1. The molecule has 0 unspecified atom stereocenters. The van der Waals surface area contributed by atoms with E-state index in [2.05, 4.69) is 5.32 Å². The molecule has 0 aliphatic carbocycles. The van der Waals surface area contributed by atoms with Crippen LogP contribution in [-0.4, -0.2) is 16.8 Å². The summed E-state index contributed by atoms with van der Waals surface area (Å²) in [5.74, 6) is -0.328. The molecular formula is C18H15ClN2O2. The summed E-state index contributed by atoms with van der Waals surface area (Å²) in [5.41, 5.74) is 3.11. The second-order valence-corrected chi connectivity index (χ2v) is 5.85. The number of halogens is 1. The second-order valence-electron chi connectivity index (χ2n) is 5.42. The largest absolute Gasteiger partial charge is 0.329 e. The van der Waals surface area contributed by atoms with Crippen molar-refractivity contribution in [3.05, 3.63) is 75.9 Å². The monoisotopic (exact) mass is 326 g/mol. The molecule has 5 heteroatoms. The fourth-order valence-electron chi connectivity index (χ4n) is 2.32. The summed E-state index contributed by atoms with van der Waals surface area (Å²) in [6.07, 6.45) is 1.64. The third-order valence-electron chi connectivity index (χ3n) is 3.60. The predicted molar refractivity (Wildman–Crippen MR) is 89.7 cm³/mol. The van der Waals surface area contributed by atoms with E-state index in [1.54, 1.807) is 30.3 Å². The van der Waals surface area contributed by atoms with Crippen molar-refractivity contribution in [2.24, 2.45) is 0 Å². The van der Waals surface area contributed by atoms with Crippen LogP contribution < -0.4 is 5.32 Å². The van der Waals surface area contributed by atoms with Gasteiger partial charge < -0.3 is 5.32 Å². The van der Waals surface area contributed by atoms with E-state index in [1.807, 2.05) is 31.2 Å². The van der Waals surface area contributed by atoms with Crippen LogP contribution in [-0.2, 0) is 11.3 Å². The van der Waals surface area contributed by atoms with E-state index in [9.17, 15) is 9.59 Å². The zero-order valence-electron chi connectivity index (χ0n) is 12.5. The van der Waals surface area contributed by atoms with Gasteiger partial charge in [-0.15, -0.1) is 0 Å². The first-order valence-corrected chi connectivity index (χ1v) is 7.56. The Morgan fingerprint density at radius 1 is 1.04 bits per heavy atom. The lowest BCUT2D eigenvalue weighted by atomic mass is 10.1. The molecule has 4 nitrogen and oxygen atoms in total. The van der Waals surface area contributed by atoms with Gasteiger partial charge in [0.2, 0.25) is 0 Å². The van der Waals surface area contributed by atoms with Gasteiger partial charge >= 0.3 is 6.03 Å². The molecule has 0 spiro atoms. The van der Waals surface area contributed by atoms with Crippen molar-refractivity contribution in [1.82, 2.24) is 10.2 Å². The molecule has 1 saturated heterocycles. The first-order chi connectivity index (χ1) is 11.0. The van der Waals surface area contributed by atoms with E-state index >= 15 is 0 Å². The summed E-state index contributed by atoms with van der Waals surface area (Å²) >= 11 is 5.84. The lowest BCUT2D eigenvalue weighted by Gasteiger charge is -2.11. The minimum atomic E-state index is -0.407. The average Bonchev–Trinajstić information content (AvgIpc) is 2.79. The predicted octanol–water partition coefficient (Wildman–Crippen LogP) is 3.74. The maximum Gasteiger partial charge on any atom is 0.329 e. The van der Waals surface area contributed by atoms with Crippen molar-refractivity contribution in [3.63, 3.8) is 0 Å². The van der Waals surface area contributed by atoms with Gasteiger partial charge in [-0.2, -0.15) is 0 Å². The van der Waals surface area contributed by atoms with E-state index in [0.717, 1.165) is 16.7 Å². The van der Waals surface area contributed by atoms with Crippen molar-refractivity contribution < 1.29 is 9.59 Å². The maximum atomic E-state index is 12.4. The molecule has 23 heavy (non-hydrogen) atoms. The molecule has 2 aromatic carbocycles. The van der Waals surface area contributed by atoms with Crippen LogP contribution in [0, 0.1) is 6.92 Å². The third-order valence-corrected chi connectivity index (χ3v) is 3.86. The molecule has 3 rings (SSSR count). The molecule has 0 saturated carbocycles.